The van der Waals surface area contributed by atoms with Gasteiger partial charge in [0.15, 0.2) is 0 Å². The number of ether oxygens (including phenoxy) is 1. The van der Waals surface area contributed by atoms with Gasteiger partial charge in [0.2, 0.25) is 0 Å². The fraction of sp³-hybridized carbons (Fsp3) is 0.462. The number of fused-ring (bicyclic) bond motifs is 1. The lowest BCUT2D eigenvalue weighted by Gasteiger charge is -2.37. The first-order chi connectivity index (χ1) is 17.4. The number of unbranched alkanes of at least 4 members (excludes halogenated alkanes) is 1. The highest BCUT2D eigenvalue weighted by atomic mass is 32.2. The topological polar surface area (TPSA) is 75.1 Å². The fourth-order valence-corrected chi connectivity index (χ4v) is 5.95. The lowest BCUT2D eigenvalue weighted by molar-refractivity contribution is -0.122. The van der Waals surface area contributed by atoms with Crippen LogP contribution in [0.5, 0.6) is 0 Å². The molecule has 0 spiro atoms. The molecule has 0 bridgehead atoms. The van der Waals surface area contributed by atoms with Crippen LogP contribution in [0.2, 0.25) is 0 Å². The second kappa shape index (κ2) is 11.5. The molecule has 2 aliphatic rings. The van der Waals surface area contributed by atoms with Crippen molar-refractivity contribution < 1.29 is 14.3 Å². The number of amides is 2. The summed E-state index contributed by atoms with van der Waals surface area (Å²) in [5.74, 6) is -0.146. The van der Waals surface area contributed by atoms with E-state index in [2.05, 4.69) is 11.8 Å². The van der Waals surface area contributed by atoms with Gasteiger partial charge in [0.25, 0.3) is 11.5 Å². The lowest BCUT2D eigenvalue weighted by Crippen LogP contribution is -2.49. The Morgan fingerprint density at radius 2 is 1.83 bits per heavy atom. The molecule has 0 aliphatic carbocycles. The van der Waals surface area contributed by atoms with Crippen LogP contribution in [0.15, 0.2) is 34.0 Å². The summed E-state index contributed by atoms with van der Waals surface area (Å²) < 4.78 is 7.44. The van der Waals surface area contributed by atoms with Crippen molar-refractivity contribution in [3.8, 4) is 0 Å². The van der Waals surface area contributed by atoms with Crippen LogP contribution < -0.4 is 10.5 Å². The van der Waals surface area contributed by atoms with Gasteiger partial charge >= 0.3 is 6.09 Å². The monoisotopic (exact) mass is 528 g/mol. The Labute approximate surface area is 220 Å². The van der Waals surface area contributed by atoms with Gasteiger partial charge in [-0.25, -0.2) is 4.79 Å². The summed E-state index contributed by atoms with van der Waals surface area (Å²) in [5, 5.41) is 0.941. The minimum Gasteiger partial charge on any atom is -0.450 e. The molecule has 3 heterocycles. The summed E-state index contributed by atoms with van der Waals surface area (Å²) in [6.07, 6.45) is 3.23. The third kappa shape index (κ3) is 5.01. The number of carbonyl (C=O) groups is 2. The molecule has 2 fully saturated rings. The van der Waals surface area contributed by atoms with Gasteiger partial charge in [0, 0.05) is 44.7 Å². The van der Waals surface area contributed by atoms with Gasteiger partial charge < -0.3 is 19.1 Å². The molecule has 2 aliphatic heterocycles. The number of nitrogens with zero attached hydrogens (tertiary/aromatic N) is 4. The van der Waals surface area contributed by atoms with Crippen LogP contribution >= 0.6 is 24.0 Å². The Bertz CT molecular complexity index is 1260. The predicted octanol–water partition coefficient (Wildman–Crippen LogP) is 4.30. The number of piperazine rings is 1. The molecule has 0 unspecified atom stereocenters. The SMILES string of the molecule is CCCCN1C(=O)C(=Cc2c(N3CCN(C(=O)OCC)CC3)c3ccccc3n(CC)c2=O)SC1=S. The Morgan fingerprint density at radius 1 is 1.11 bits per heavy atom. The molecule has 1 aromatic carbocycles. The molecule has 4 rings (SSSR count). The van der Waals surface area contributed by atoms with Crippen LogP contribution in [-0.2, 0) is 16.1 Å². The van der Waals surface area contributed by atoms with Crippen molar-refractivity contribution in [3.63, 3.8) is 0 Å². The number of anilines is 1. The van der Waals surface area contributed by atoms with Crippen LogP contribution in [0, 0.1) is 0 Å². The molecule has 0 saturated carbocycles. The highest BCUT2D eigenvalue weighted by Crippen LogP contribution is 2.36. The van der Waals surface area contributed by atoms with Crippen LogP contribution in [0.3, 0.4) is 0 Å². The van der Waals surface area contributed by atoms with Crippen molar-refractivity contribution in [3.05, 3.63) is 45.1 Å². The Balaban J connectivity index is 1.80. The molecular weight excluding hydrogens is 496 g/mol. The summed E-state index contributed by atoms with van der Waals surface area (Å²) in [6, 6.07) is 7.85. The summed E-state index contributed by atoms with van der Waals surface area (Å²) in [7, 11) is 0. The highest BCUT2D eigenvalue weighted by molar-refractivity contribution is 8.26. The number of benzene rings is 1. The maximum atomic E-state index is 13.8. The fourth-order valence-electron chi connectivity index (χ4n) is 4.66. The zero-order valence-electron chi connectivity index (χ0n) is 21.0. The van der Waals surface area contributed by atoms with E-state index in [4.69, 9.17) is 17.0 Å². The van der Waals surface area contributed by atoms with E-state index in [1.165, 1.54) is 11.8 Å². The van der Waals surface area contributed by atoms with Crippen molar-refractivity contribution in [1.29, 1.82) is 0 Å². The summed E-state index contributed by atoms with van der Waals surface area (Å²) in [5.41, 5.74) is 1.98. The molecule has 8 nitrogen and oxygen atoms in total. The highest BCUT2D eigenvalue weighted by Gasteiger charge is 2.33. The second-order valence-electron chi connectivity index (χ2n) is 8.69. The first-order valence-electron chi connectivity index (χ1n) is 12.5. The molecule has 10 heteroatoms. The molecule has 0 atom stereocenters. The molecule has 0 radical (unpaired) electrons. The molecule has 0 N–H and O–H groups in total. The van der Waals surface area contributed by atoms with Gasteiger partial charge in [-0.2, -0.15) is 0 Å². The number of aryl methyl sites for hydroxylation is 1. The van der Waals surface area contributed by atoms with Crippen LogP contribution in [0.4, 0.5) is 10.5 Å². The van der Waals surface area contributed by atoms with Gasteiger partial charge in [0.1, 0.15) is 4.32 Å². The van der Waals surface area contributed by atoms with Gasteiger partial charge in [-0.3, -0.25) is 14.5 Å². The van der Waals surface area contributed by atoms with E-state index < -0.39 is 0 Å². The Kier molecular flexibility index (Phi) is 8.35. The van der Waals surface area contributed by atoms with Crippen molar-refractivity contribution in [2.75, 3.05) is 44.2 Å². The molecule has 192 valence electrons. The van der Waals surface area contributed by atoms with Crippen molar-refractivity contribution >= 4 is 63.0 Å². The zero-order valence-corrected chi connectivity index (χ0v) is 22.6. The average Bonchev–Trinajstić information content (AvgIpc) is 3.15. The van der Waals surface area contributed by atoms with Crippen molar-refractivity contribution in [2.24, 2.45) is 0 Å². The van der Waals surface area contributed by atoms with Crippen LogP contribution in [-0.4, -0.2) is 70.0 Å². The predicted molar refractivity (Wildman–Crippen MR) is 149 cm³/mol. The summed E-state index contributed by atoms with van der Waals surface area (Å²) in [6.45, 7) is 9.31. The minimum atomic E-state index is -0.320. The number of hydrogen-bond acceptors (Lipinski definition) is 7. The summed E-state index contributed by atoms with van der Waals surface area (Å²) >= 11 is 6.74. The van der Waals surface area contributed by atoms with Gasteiger partial charge in [-0.15, -0.1) is 0 Å². The van der Waals surface area contributed by atoms with E-state index >= 15 is 0 Å². The number of thiocarbonyl (C=S) groups is 1. The molecular formula is C26H32N4O4S2. The van der Waals surface area contributed by atoms with Gasteiger partial charge in [0.05, 0.1) is 28.3 Å². The quantitative estimate of drug-likeness (QED) is 0.392. The molecule has 36 heavy (non-hydrogen) atoms. The number of hydrogen-bond donors (Lipinski definition) is 0. The van der Waals surface area contributed by atoms with Crippen molar-refractivity contribution in [2.45, 2.75) is 40.2 Å². The Morgan fingerprint density at radius 3 is 2.50 bits per heavy atom. The molecule has 2 amide bonds. The van der Waals surface area contributed by atoms with Gasteiger partial charge in [-0.1, -0.05) is 55.5 Å². The average molecular weight is 529 g/mol. The largest absolute Gasteiger partial charge is 0.450 e. The van der Waals surface area contributed by atoms with E-state index in [1.54, 1.807) is 27.4 Å². The first kappa shape index (κ1) is 26.2. The number of thioether (sulfide) groups is 1. The normalized spacial score (nSPS) is 17.5. The smallest absolute Gasteiger partial charge is 0.409 e. The van der Waals surface area contributed by atoms with E-state index in [0.29, 0.717) is 60.7 Å². The van der Waals surface area contributed by atoms with Crippen LogP contribution in [0.1, 0.15) is 39.2 Å². The van der Waals surface area contributed by atoms with Gasteiger partial charge in [-0.05, 0) is 32.4 Å². The number of para-hydroxylation sites is 1. The summed E-state index contributed by atoms with van der Waals surface area (Å²) in [4.78, 5) is 45.2. The van der Waals surface area contributed by atoms with Crippen molar-refractivity contribution in [1.82, 2.24) is 14.4 Å². The third-order valence-corrected chi connectivity index (χ3v) is 7.88. The van der Waals surface area contributed by atoms with E-state index in [9.17, 15) is 14.4 Å². The maximum Gasteiger partial charge on any atom is 0.409 e. The number of aromatic nitrogens is 1. The standard InChI is InChI=1S/C26H32N4O4S2/c1-4-7-12-30-24(32)21(36-26(30)35)17-19-22(27-13-15-28(16-14-27)25(33)34-6-3)18-10-8-9-11-20(18)29(5-2)23(19)31/h8-11,17H,4-7,12-16H2,1-3H3. The minimum absolute atomic E-state index is 0.141. The van der Waals surface area contributed by atoms with Crippen LogP contribution in [0.25, 0.3) is 17.0 Å². The molecule has 1 aromatic heterocycles. The zero-order chi connectivity index (χ0) is 25.8. The third-order valence-electron chi connectivity index (χ3n) is 6.50. The number of pyridine rings is 1. The second-order valence-corrected chi connectivity index (χ2v) is 10.4. The molecule has 2 saturated heterocycles. The lowest BCUT2D eigenvalue weighted by atomic mass is 10.0. The van der Waals surface area contributed by atoms with E-state index in [0.717, 1.165) is 29.4 Å². The number of rotatable bonds is 7. The Hall–Kier alpha value is -2.85. The van der Waals surface area contributed by atoms with E-state index in [1.807, 2.05) is 31.2 Å². The first-order valence-corrected chi connectivity index (χ1v) is 13.7. The van der Waals surface area contributed by atoms with E-state index in [-0.39, 0.29) is 17.6 Å². The molecule has 2 aromatic rings. The number of carbonyl (C=O) groups excluding carboxylic acids is 2. The maximum absolute atomic E-state index is 13.8.